The highest BCUT2D eigenvalue weighted by atomic mass is 32.2. The third-order valence-corrected chi connectivity index (χ3v) is 5.82. The molecule has 1 heterocycles. The Bertz CT molecular complexity index is 843. The highest BCUT2D eigenvalue weighted by Gasteiger charge is 2.28. The fourth-order valence-electron chi connectivity index (χ4n) is 2.89. The molecule has 0 N–H and O–H groups in total. The number of hydrogen-bond acceptors (Lipinski definition) is 3. The van der Waals surface area contributed by atoms with Gasteiger partial charge in [-0.1, -0.05) is 50.2 Å². The van der Waals surface area contributed by atoms with Crippen LogP contribution in [0.5, 0.6) is 5.75 Å². The number of benzene rings is 2. The molecule has 0 unspecified atom stereocenters. The van der Waals surface area contributed by atoms with E-state index in [-0.39, 0.29) is 0 Å². The van der Waals surface area contributed by atoms with Crippen molar-refractivity contribution in [2.45, 2.75) is 39.7 Å². The van der Waals surface area contributed by atoms with E-state index in [2.05, 4.69) is 19.9 Å². The van der Waals surface area contributed by atoms with Crippen molar-refractivity contribution in [3.63, 3.8) is 0 Å². The van der Waals surface area contributed by atoms with Crippen LogP contribution in [-0.2, 0) is 23.3 Å². The molecule has 4 nitrogen and oxygen atoms in total. The molecule has 0 aromatic heterocycles. The highest BCUT2D eigenvalue weighted by molar-refractivity contribution is 7.84. The first-order valence-electron chi connectivity index (χ1n) is 8.24. The van der Waals surface area contributed by atoms with Crippen molar-refractivity contribution in [3.8, 4) is 5.75 Å². The van der Waals surface area contributed by atoms with Gasteiger partial charge in [-0.3, -0.25) is 0 Å². The van der Waals surface area contributed by atoms with E-state index < -0.39 is 10.3 Å². The van der Waals surface area contributed by atoms with E-state index in [0.717, 1.165) is 16.7 Å². The second-order valence-corrected chi connectivity index (χ2v) is 8.11. The van der Waals surface area contributed by atoms with Crippen molar-refractivity contribution in [1.82, 2.24) is 4.31 Å². The van der Waals surface area contributed by atoms with Crippen molar-refractivity contribution in [3.05, 3.63) is 64.7 Å². The lowest BCUT2D eigenvalue weighted by molar-refractivity contribution is 0.340. The molecule has 0 amide bonds. The highest BCUT2D eigenvalue weighted by Crippen LogP contribution is 2.28. The summed E-state index contributed by atoms with van der Waals surface area (Å²) in [4.78, 5) is 0. The number of aryl methyl sites for hydroxylation is 1. The first-order valence-corrected chi connectivity index (χ1v) is 9.60. The van der Waals surface area contributed by atoms with Crippen LogP contribution in [0.4, 0.5) is 0 Å². The predicted octanol–water partition coefficient (Wildman–Crippen LogP) is 3.80. The normalized spacial score (nSPS) is 15.3. The third kappa shape index (κ3) is 3.47. The maximum atomic E-state index is 12.7. The van der Waals surface area contributed by atoms with Crippen molar-refractivity contribution >= 4 is 10.3 Å². The first kappa shape index (κ1) is 17.0. The second kappa shape index (κ2) is 6.57. The SMILES string of the molecule is Cc1ccc(C(C)C)cc1OS(=O)(=O)N1CCc2ccccc2C1. The number of fused-ring (bicyclic) bond motifs is 1. The topological polar surface area (TPSA) is 46.6 Å². The summed E-state index contributed by atoms with van der Waals surface area (Å²) in [6.07, 6.45) is 0.712. The van der Waals surface area contributed by atoms with E-state index in [4.69, 9.17) is 4.18 Å². The zero-order valence-corrected chi connectivity index (χ0v) is 15.1. The largest absolute Gasteiger partial charge is 0.385 e. The number of rotatable bonds is 4. The Hall–Kier alpha value is -1.85. The molecule has 5 heteroatoms. The maximum Gasteiger partial charge on any atom is 0.385 e. The van der Waals surface area contributed by atoms with Gasteiger partial charge in [0.25, 0.3) is 0 Å². The number of hydrogen-bond donors (Lipinski definition) is 0. The lowest BCUT2D eigenvalue weighted by Gasteiger charge is -2.27. The number of nitrogens with zero attached hydrogens (tertiary/aromatic N) is 1. The van der Waals surface area contributed by atoms with Crippen LogP contribution in [0.15, 0.2) is 42.5 Å². The molecule has 24 heavy (non-hydrogen) atoms. The fourth-order valence-corrected chi connectivity index (χ4v) is 4.02. The Morgan fingerprint density at radius 3 is 2.50 bits per heavy atom. The summed E-state index contributed by atoms with van der Waals surface area (Å²) in [5.74, 6) is 0.734. The summed E-state index contributed by atoms with van der Waals surface area (Å²) in [5.41, 5.74) is 4.14. The molecule has 0 aliphatic carbocycles. The minimum absolute atomic E-state index is 0.317. The molecule has 0 radical (unpaired) electrons. The molecule has 2 aromatic rings. The average molecular weight is 345 g/mol. The van der Waals surface area contributed by atoms with Crippen molar-refractivity contribution in [1.29, 1.82) is 0 Å². The molecule has 0 bridgehead atoms. The van der Waals surface area contributed by atoms with Gasteiger partial charge in [-0.2, -0.15) is 12.7 Å². The Labute approximate surface area is 144 Å². The quantitative estimate of drug-likeness (QED) is 0.847. The van der Waals surface area contributed by atoms with Crippen LogP contribution >= 0.6 is 0 Å². The van der Waals surface area contributed by atoms with E-state index in [1.807, 2.05) is 43.3 Å². The summed E-state index contributed by atoms with van der Waals surface area (Å²) < 4.78 is 32.3. The van der Waals surface area contributed by atoms with Crippen LogP contribution in [0, 0.1) is 6.92 Å². The monoisotopic (exact) mass is 345 g/mol. The molecular formula is C19H23NO3S. The molecular weight excluding hydrogens is 322 g/mol. The predicted molar refractivity (Wildman–Crippen MR) is 95.4 cm³/mol. The average Bonchev–Trinajstić information content (AvgIpc) is 2.56. The Kier molecular flexibility index (Phi) is 4.65. The van der Waals surface area contributed by atoms with Gasteiger partial charge in [0.05, 0.1) is 0 Å². The summed E-state index contributed by atoms with van der Waals surface area (Å²) in [7, 11) is -3.81. The minimum Gasteiger partial charge on any atom is -0.370 e. The molecule has 0 atom stereocenters. The maximum absolute atomic E-state index is 12.7. The van der Waals surface area contributed by atoms with E-state index >= 15 is 0 Å². The Morgan fingerprint density at radius 2 is 1.79 bits per heavy atom. The van der Waals surface area contributed by atoms with Crippen molar-refractivity contribution in [2.24, 2.45) is 0 Å². The fraction of sp³-hybridized carbons (Fsp3) is 0.368. The van der Waals surface area contributed by atoms with E-state index in [0.29, 0.717) is 31.2 Å². The van der Waals surface area contributed by atoms with Crippen LogP contribution < -0.4 is 4.18 Å². The van der Waals surface area contributed by atoms with Gasteiger partial charge < -0.3 is 4.18 Å². The van der Waals surface area contributed by atoms with Crippen LogP contribution in [0.3, 0.4) is 0 Å². The molecule has 1 aliphatic heterocycles. The van der Waals surface area contributed by atoms with Crippen LogP contribution in [0.25, 0.3) is 0 Å². The van der Waals surface area contributed by atoms with Gasteiger partial charge in [-0.15, -0.1) is 0 Å². The zero-order chi connectivity index (χ0) is 17.3. The molecule has 0 saturated heterocycles. The van der Waals surface area contributed by atoms with E-state index in [9.17, 15) is 8.42 Å². The van der Waals surface area contributed by atoms with Crippen LogP contribution in [0.1, 0.15) is 42.0 Å². The standard InChI is InChI=1S/C19H23NO3S/c1-14(2)17-9-8-15(3)19(12-17)23-24(21,22)20-11-10-16-6-4-5-7-18(16)13-20/h4-9,12,14H,10-11,13H2,1-3H3. The minimum atomic E-state index is -3.81. The van der Waals surface area contributed by atoms with Gasteiger partial charge in [0.15, 0.2) is 0 Å². The molecule has 128 valence electrons. The summed E-state index contributed by atoms with van der Waals surface area (Å²) in [5, 5.41) is 0. The molecule has 0 fully saturated rings. The smallest absolute Gasteiger partial charge is 0.370 e. The van der Waals surface area contributed by atoms with E-state index in [1.165, 1.54) is 9.87 Å². The van der Waals surface area contributed by atoms with E-state index in [1.54, 1.807) is 0 Å². The third-order valence-electron chi connectivity index (χ3n) is 4.49. The van der Waals surface area contributed by atoms with Gasteiger partial charge in [0, 0.05) is 13.1 Å². The van der Waals surface area contributed by atoms with Gasteiger partial charge in [0.1, 0.15) is 5.75 Å². The van der Waals surface area contributed by atoms with Gasteiger partial charge in [-0.25, -0.2) is 0 Å². The molecule has 1 aliphatic rings. The van der Waals surface area contributed by atoms with Gasteiger partial charge in [-0.05, 0) is 47.6 Å². The van der Waals surface area contributed by atoms with Crippen LogP contribution in [-0.4, -0.2) is 19.3 Å². The summed E-state index contributed by atoms with van der Waals surface area (Å²) in [6, 6.07) is 13.7. The second-order valence-electron chi connectivity index (χ2n) is 6.57. The lowest BCUT2D eigenvalue weighted by atomic mass is 10.0. The molecule has 0 saturated carbocycles. The van der Waals surface area contributed by atoms with Crippen LogP contribution in [0.2, 0.25) is 0 Å². The summed E-state index contributed by atoms with van der Waals surface area (Å²) >= 11 is 0. The molecule has 3 rings (SSSR count). The van der Waals surface area contributed by atoms with Gasteiger partial charge in [0.2, 0.25) is 0 Å². The Balaban J connectivity index is 1.84. The van der Waals surface area contributed by atoms with Crippen molar-refractivity contribution in [2.75, 3.05) is 6.54 Å². The lowest BCUT2D eigenvalue weighted by Crippen LogP contribution is -2.38. The Morgan fingerprint density at radius 1 is 1.08 bits per heavy atom. The molecule has 0 spiro atoms. The van der Waals surface area contributed by atoms with Gasteiger partial charge >= 0.3 is 10.3 Å². The first-order chi connectivity index (χ1) is 11.4. The summed E-state index contributed by atoms with van der Waals surface area (Å²) in [6.45, 7) is 6.82. The molecule has 2 aromatic carbocycles. The zero-order valence-electron chi connectivity index (χ0n) is 14.3. The van der Waals surface area contributed by atoms with Crippen molar-refractivity contribution < 1.29 is 12.6 Å².